The van der Waals surface area contributed by atoms with Crippen molar-refractivity contribution in [3.8, 4) is 0 Å². The van der Waals surface area contributed by atoms with E-state index in [4.69, 9.17) is 5.73 Å². The second-order valence-electron chi connectivity index (χ2n) is 4.22. The lowest BCUT2D eigenvalue weighted by molar-refractivity contribution is 0.112. The van der Waals surface area contributed by atoms with Crippen LogP contribution in [0.5, 0.6) is 0 Å². The van der Waals surface area contributed by atoms with E-state index in [1.54, 1.807) is 6.20 Å². The van der Waals surface area contributed by atoms with Crippen LogP contribution in [0.15, 0.2) is 12.4 Å². The number of rotatable bonds is 3. The third-order valence-electron chi connectivity index (χ3n) is 3.27. The van der Waals surface area contributed by atoms with Crippen molar-refractivity contribution in [2.24, 2.45) is 11.7 Å². The molecule has 2 N–H and O–H groups in total. The van der Waals surface area contributed by atoms with E-state index in [9.17, 15) is 4.79 Å². The molecule has 2 rings (SSSR count). The van der Waals surface area contributed by atoms with Crippen LogP contribution in [0, 0.1) is 5.92 Å². The molecule has 0 aliphatic heterocycles. The molecule has 1 fully saturated rings. The Morgan fingerprint density at radius 1 is 1.53 bits per heavy atom. The molecule has 1 saturated carbocycles. The van der Waals surface area contributed by atoms with E-state index in [0.29, 0.717) is 24.1 Å². The maximum absolute atomic E-state index is 10.6. The average Bonchev–Trinajstić information content (AvgIpc) is 2.77. The number of hydrogen-bond acceptors (Lipinski definition) is 3. The minimum Gasteiger partial charge on any atom is -0.330 e. The number of carbonyl (C=O) groups is 1. The third-order valence-corrected chi connectivity index (χ3v) is 3.27. The molecule has 0 aromatic carbocycles. The van der Waals surface area contributed by atoms with Crippen LogP contribution in [-0.2, 0) is 0 Å². The van der Waals surface area contributed by atoms with E-state index in [1.165, 1.54) is 19.3 Å². The zero-order chi connectivity index (χ0) is 10.7. The van der Waals surface area contributed by atoms with Gasteiger partial charge in [-0.1, -0.05) is 12.8 Å². The Balaban J connectivity index is 2.16. The normalized spacial score (nSPS) is 26.5. The zero-order valence-electron chi connectivity index (χ0n) is 8.80. The molecule has 2 atom stereocenters. The number of nitrogens with zero attached hydrogens (tertiary/aromatic N) is 2. The molecule has 1 aliphatic rings. The number of aldehydes is 1. The largest absolute Gasteiger partial charge is 0.330 e. The quantitative estimate of drug-likeness (QED) is 0.762. The summed E-state index contributed by atoms with van der Waals surface area (Å²) in [4.78, 5) is 10.6. The van der Waals surface area contributed by atoms with Gasteiger partial charge in [-0.05, 0) is 25.3 Å². The number of aromatic nitrogens is 2. The van der Waals surface area contributed by atoms with E-state index in [1.807, 2.05) is 10.9 Å². The van der Waals surface area contributed by atoms with E-state index < -0.39 is 0 Å². The molecule has 15 heavy (non-hydrogen) atoms. The van der Waals surface area contributed by atoms with Gasteiger partial charge in [0, 0.05) is 6.20 Å². The summed E-state index contributed by atoms with van der Waals surface area (Å²) in [6.45, 7) is 0.709. The number of nitrogens with two attached hydrogens (primary N) is 1. The first-order valence-electron chi connectivity index (χ1n) is 5.54. The predicted molar refractivity (Wildman–Crippen MR) is 57.7 cm³/mol. The predicted octanol–water partition coefficient (Wildman–Crippen LogP) is 1.39. The standard InChI is InChI=1S/C11H17N3O/c12-5-10-3-1-2-4-11(10)14-7-9(8-15)6-13-14/h6-8,10-11H,1-5,12H2. The van der Waals surface area contributed by atoms with E-state index in [2.05, 4.69) is 5.10 Å². The van der Waals surface area contributed by atoms with Gasteiger partial charge in [-0.25, -0.2) is 0 Å². The lowest BCUT2D eigenvalue weighted by Gasteiger charge is -2.30. The Morgan fingerprint density at radius 3 is 3.00 bits per heavy atom. The zero-order valence-corrected chi connectivity index (χ0v) is 8.80. The van der Waals surface area contributed by atoms with Gasteiger partial charge in [-0.2, -0.15) is 5.10 Å². The smallest absolute Gasteiger partial charge is 0.153 e. The molecule has 1 aliphatic carbocycles. The van der Waals surface area contributed by atoms with Crippen LogP contribution in [0.1, 0.15) is 42.1 Å². The summed E-state index contributed by atoms with van der Waals surface area (Å²) in [5.74, 6) is 0.512. The van der Waals surface area contributed by atoms with Gasteiger partial charge >= 0.3 is 0 Å². The van der Waals surface area contributed by atoms with Gasteiger partial charge in [-0.15, -0.1) is 0 Å². The van der Waals surface area contributed by atoms with Crippen LogP contribution in [0.4, 0.5) is 0 Å². The number of hydrogen-bond donors (Lipinski definition) is 1. The van der Waals surface area contributed by atoms with Crippen molar-refractivity contribution < 1.29 is 4.79 Å². The molecule has 0 saturated heterocycles. The van der Waals surface area contributed by atoms with Crippen LogP contribution in [0.2, 0.25) is 0 Å². The highest BCUT2D eigenvalue weighted by Crippen LogP contribution is 2.32. The van der Waals surface area contributed by atoms with Crippen molar-refractivity contribution in [3.63, 3.8) is 0 Å². The van der Waals surface area contributed by atoms with Gasteiger partial charge in [-0.3, -0.25) is 9.48 Å². The van der Waals surface area contributed by atoms with Gasteiger partial charge in [0.25, 0.3) is 0 Å². The maximum Gasteiger partial charge on any atom is 0.153 e. The third kappa shape index (κ3) is 2.09. The highest BCUT2D eigenvalue weighted by atomic mass is 16.1. The van der Waals surface area contributed by atoms with Gasteiger partial charge in [0.05, 0.1) is 17.8 Å². The molecule has 4 heteroatoms. The Bertz CT molecular complexity index is 334. The van der Waals surface area contributed by atoms with Crippen LogP contribution in [0.25, 0.3) is 0 Å². The summed E-state index contributed by atoms with van der Waals surface area (Å²) in [6, 6.07) is 0.387. The number of carbonyl (C=O) groups excluding carboxylic acids is 1. The first-order chi connectivity index (χ1) is 7.35. The Kier molecular flexibility index (Phi) is 3.16. The summed E-state index contributed by atoms with van der Waals surface area (Å²) in [5, 5.41) is 4.24. The second-order valence-corrected chi connectivity index (χ2v) is 4.22. The first kappa shape index (κ1) is 10.4. The molecule has 82 valence electrons. The summed E-state index contributed by atoms with van der Waals surface area (Å²) in [7, 11) is 0. The lowest BCUT2D eigenvalue weighted by Crippen LogP contribution is -2.29. The van der Waals surface area contributed by atoms with E-state index in [0.717, 1.165) is 12.7 Å². The van der Waals surface area contributed by atoms with Gasteiger partial charge < -0.3 is 5.73 Å². The fourth-order valence-corrected chi connectivity index (χ4v) is 2.41. The molecule has 1 heterocycles. The fourth-order valence-electron chi connectivity index (χ4n) is 2.41. The maximum atomic E-state index is 10.6. The van der Waals surface area contributed by atoms with Crippen molar-refractivity contribution in [2.75, 3.05) is 6.54 Å². The summed E-state index contributed by atoms with van der Waals surface area (Å²) in [5.41, 5.74) is 6.41. The highest BCUT2D eigenvalue weighted by Gasteiger charge is 2.25. The van der Waals surface area contributed by atoms with Gasteiger partial charge in [0.1, 0.15) is 0 Å². The minimum absolute atomic E-state index is 0.387. The molecule has 4 nitrogen and oxygen atoms in total. The Morgan fingerprint density at radius 2 is 2.33 bits per heavy atom. The topological polar surface area (TPSA) is 60.9 Å². The van der Waals surface area contributed by atoms with Crippen molar-refractivity contribution in [1.29, 1.82) is 0 Å². The van der Waals surface area contributed by atoms with E-state index >= 15 is 0 Å². The molecular formula is C11H17N3O. The second kappa shape index (κ2) is 4.57. The monoisotopic (exact) mass is 207 g/mol. The molecule has 0 amide bonds. The fraction of sp³-hybridized carbons (Fsp3) is 0.636. The summed E-state index contributed by atoms with van der Waals surface area (Å²) < 4.78 is 1.92. The molecular weight excluding hydrogens is 190 g/mol. The molecule has 2 unspecified atom stereocenters. The van der Waals surface area contributed by atoms with Crippen molar-refractivity contribution in [2.45, 2.75) is 31.7 Å². The van der Waals surface area contributed by atoms with Crippen LogP contribution in [0.3, 0.4) is 0 Å². The van der Waals surface area contributed by atoms with Gasteiger partial charge in [0.2, 0.25) is 0 Å². The van der Waals surface area contributed by atoms with Crippen LogP contribution in [-0.4, -0.2) is 22.6 Å². The Hall–Kier alpha value is -1.16. The highest BCUT2D eigenvalue weighted by molar-refractivity contribution is 5.73. The van der Waals surface area contributed by atoms with Crippen molar-refractivity contribution >= 4 is 6.29 Å². The minimum atomic E-state index is 0.387. The molecule has 0 radical (unpaired) electrons. The summed E-state index contributed by atoms with van der Waals surface area (Å²) >= 11 is 0. The first-order valence-corrected chi connectivity index (χ1v) is 5.54. The SMILES string of the molecule is NCC1CCCCC1n1cc(C=O)cn1. The van der Waals surface area contributed by atoms with Crippen molar-refractivity contribution in [1.82, 2.24) is 9.78 Å². The molecule has 1 aromatic heterocycles. The van der Waals surface area contributed by atoms with Crippen LogP contribution < -0.4 is 5.73 Å². The molecule has 0 spiro atoms. The average molecular weight is 207 g/mol. The van der Waals surface area contributed by atoms with Crippen molar-refractivity contribution in [3.05, 3.63) is 18.0 Å². The lowest BCUT2D eigenvalue weighted by atomic mass is 9.85. The Labute approximate surface area is 89.5 Å². The van der Waals surface area contributed by atoms with Crippen LogP contribution >= 0.6 is 0 Å². The van der Waals surface area contributed by atoms with E-state index in [-0.39, 0.29) is 0 Å². The summed E-state index contributed by atoms with van der Waals surface area (Å²) in [6.07, 6.45) is 9.08. The molecule has 0 bridgehead atoms. The van der Waals surface area contributed by atoms with Gasteiger partial charge in [0.15, 0.2) is 6.29 Å². The molecule has 1 aromatic rings.